The second-order valence-electron chi connectivity index (χ2n) is 7.33. The maximum Gasteiger partial charge on any atom is 0.251 e. The maximum absolute atomic E-state index is 13.2. The van der Waals surface area contributed by atoms with Crippen molar-refractivity contribution in [3.8, 4) is 5.69 Å². The van der Waals surface area contributed by atoms with Gasteiger partial charge in [-0.15, -0.1) is 10.2 Å². The zero-order chi connectivity index (χ0) is 23.4. The van der Waals surface area contributed by atoms with Gasteiger partial charge in [-0.2, -0.15) is 0 Å². The number of aryl methyl sites for hydroxylation is 1. The van der Waals surface area contributed by atoms with E-state index >= 15 is 0 Å². The monoisotopic (exact) mass is 500 g/mol. The van der Waals surface area contributed by atoms with E-state index < -0.39 is 0 Å². The molecule has 0 aliphatic carbocycles. The van der Waals surface area contributed by atoms with Crippen LogP contribution in [0.4, 0.5) is 4.39 Å². The molecular formula is C24H19Cl2FN4OS. The first kappa shape index (κ1) is 23.3. The zero-order valence-electron chi connectivity index (χ0n) is 17.6. The van der Waals surface area contributed by atoms with E-state index in [-0.39, 0.29) is 18.3 Å². The highest BCUT2D eigenvalue weighted by atomic mass is 35.5. The minimum absolute atomic E-state index is 0.154. The van der Waals surface area contributed by atoms with E-state index in [1.54, 1.807) is 30.3 Å². The van der Waals surface area contributed by atoms with Gasteiger partial charge in [0.05, 0.1) is 6.54 Å². The Morgan fingerprint density at radius 2 is 1.67 bits per heavy atom. The van der Waals surface area contributed by atoms with Gasteiger partial charge in [0.2, 0.25) is 0 Å². The van der Waals surface area contributed by atoms with Crippen LogP contribution in [0.3, 0.4) is 0 Å². The van der Waals surface area contributed by atoms with Gasteiger partial charge < -0.3 is 5.32 Å². The molecule has 1 heterocycles. The number of aromatic nitrogens is 3. The molecule has 0 saturated carbocycles. The highest BCUT2D eigenvalue weighted by Gasteiger charge is 2.16. The standard InChI is InChI=1S/C24H19Cl2FN4OS/c1-15-2-8-21(9-3-15)31-22(13-28-23(32)17-10-18(25)12-19(26)11-17)29-30-24(31)33-14-16-4-6-20(27)7-5-16/h2-12H,13-14H2,1H3,(H,28,32). The van der Waals surface area contributed by atoms with E-state index in [4.69, 9.17) is 23.2 Å². The Morgan fingerprint density at radius 1 is 1.00 bits per heavy atom. The molecule has 1 aromatic heterocycles. The third kappa shape index (κ3) is 5.93. The summed E-state index contributed by atoms with van der Waals surface area (Å²) in [6, 6.07) is 19.0. The predicted octanol–water partition coefficient (Wildman–Crippen LogP) is 6.24. The summed E-state index contributed by atoms with van der Waals surface area (Å²) >= 11 is 13.5. The molecule has 168 valence electrons. The lowest BCUT2D eigenvalue weighted by atomic mass is 10.2. The molecule has 0 radical (unpaired) electrons. The zero-order valence-corrected chi connectivity index (χ0v) is 19.9. The minimum Gasteiger partial charge on any atom is -0.345 e. The third-order valence-electron chi connectivity index (χ3n) is 4.81. The van der Waals surface area contributed by atoms with Gasteiger partial charge in [-0.05, 0) is 55.0 Å². The van der Waals surface area contributed by atoms with Crippen molar-refractivity contribution in [2.75, 3.05) is 0 Å². The summed E-state index contributed by atoms with van der Waals surface area (Å²) in [4.78, 5) is 12.6. The Morgan fingerprint density at radius 3 is 2.33 bits per heavy atom. The number of halogens is 3. The Bertz CT molecular complexity index is 1260. The van der Waals surface area contributed by atoms with E-state index in [1.165, 1.54) is 23.9 Å². The number of carbonyl (C=O) groups is 1. The molecule has 0 spiro atoms. The number of amides is 1. The summed E-state index contributed by atoms with van der Waals surface area (Å²) in [6.07, 6.45) is 0. The van der Waals surface area contributed by atoms with Crippen LogP contribution in [0.5, 0.6) is 0 Å². The molecule has 1 amide bonds. The molecule has 0 aliphatic heterocycles. The molecule has 33 heavy (non-hydrogen) atoms. The molecule has 4 rings (SSSR count). The molecule has 0 atom stereocenters. The minimum atomic E-state index is -0.321. The number of nitrogens with zero attached hydrogens (tertiary/aromatic N) is 3. The Labute approximate surface area is 204 Å². The molecular weight excluding hydrogens is 482 g/mol. The number of carbonyl (C=O) groups excluding carboxylic acids is 1. The van der Waals surface area contributed by atoms with Crippen LogP contribution in [0.25, 0.3) is 5.69 Å². The van der Waals surface area contributed by atoms with Crippen molar-refractivity contribution in [1.29, 1.82) is 0 Å². The molecule has 0 saturated heterocycles. The van der Waals surface area contributed by atoms with Crippen molar-refractivity contribution in [2.45, 2.75) is 24.4 Å². The summed E-state index contributed by atoms with van der Waals surface area (Å²) in [5, 5.41) is 12.9. The predicted molar refractivity (Wildman–Crippen MR) is 130 cm³/mol. The Balaban J connectivity index is 1.57. The van der Waals surface area contributed by atoms with Gasteiger partial charge in [0.25, 0.3) is 5.91 Å². The largest absolute Gasteiger partial charge is 0.345 e. The average Bonchev–Trinajstić information content (AvgIpc) is 3.19. The summed E-state index contributed by atoms with van der Waals surface area (Å²) in [5.41, 5.74) is 3.33. The van der Waals surface area contributed by atoms with Gasteiger partial charge in [-0.25, -0.2) is 4.39 Å². The molecule has 4 aromatic rings. The topological polar surface area (TPSA) is 59.8 Å². The normalized spacial score (nSPS) is 10.9. The Kier molecular flexibility index (Phi) is 7.33. The van der Waals surface area contributed by atoms with E-state index in [9.17, 15) is 9.18 Å². The first-order chi connectivity index (χ1) is 15.9. The van der Waals surface area contributed by atoms with Crippen LogP contribution < -0.4 is 5.32 Å². The third-order valence-corrected chi connectivity index (χ3v) is 6.24. The van der Waals surface area contributed by atoms with E-state index in [0.29, 0.717) is 32.3 Å². The number of hydrogen-bond donors (Lipinski definition) is 1. The number of nitrogens with one attached hydrogen (secondary N) is 1. The molecule has 0 aliphatic rings. The molecule has 1 N–H and O–H groups in total. The van der Waals surface area contributed by atoms with Gasteiger partial charge >= 0.3 is 0 Å². The lowest BCUT2D eigenvalue weighted by molar-refractivity contribution is 0.0949. The summed E-state index contributed by atoms with van der Waals surface area (Å²) in [5.74, 6) is 0.573. The van der Waals surface area contributed by atoms with Crippen molar-refractivity contribution in [1.82, 2.24) is 20.1 Å². The molecule has 0 unspecified atom stereocenters. The molecule has 3 aromatic carbocycles. The van der Waals surface area contributed by atoms with Crippen LogP contribution in [-0.4, -0.2) is 20.7 Å². The van der Waals surface area contributed by atoms with E-state index in [0.717, 1.165) is 16.8 Å². The fourth-order valence-electron chi connectivity index (χ4n) is 3.14. The lowest BCUT2D eigenvalue weighted by Crippen LogP contribution is -2.24. The number of hydrogen-bond acceptors (Lipinski definition) is 4. The van der Waals surface area contributed by atoms with Crippen LogP contribution in [-0.2, 0) is 12.3 Å². The summed E-state index contributed by atoms with van der Waals surface area (Å²) in [7, 11) is 0. The molecule has 0 fully saturated rings. The van der Waals surface area contributed by atoms with Crippen LogP contribution >= 0.6 is 35.0 Å². The first-order valence-electron chi connectivity index (χ1n) is 10.0. The fraction of sp³-hybridized carbons (Fsp3) is 0.125. The van der Waals surface area contributed by atoms with Gasteiger partial charge in [0, 0.05) is 27.0 Å². The highest BCUT2D eigenvalue weighted by Crippen LogP contribution is 2.26. The Hall–Kier alpha value is -2.87. The lowest BCUT2D eigenvalue weighted by Gasteiger charge is -2.12. The van der Waals surface area contributed by atoms with Gasteiger partial charge in [0.15, 0.2) is 11.0 Å². The quantitative estimate of drug-likeness (QED) is 0.305. The maximum atomic E-state index is 13.2. The van der Waals surface area contributed by atoms with Crippen molar-refractivity contribution >= 4 is 40.9 Å². The van der Waals surface area contributed by atoms with Crippen molar-refractivity contribution in [2.24, 2.45) is 0 Å². The fourth-order valence-corrected chi connectivity index (χ4v) is 4.59. The van der Waals surface area contributed by atoms with Crippen LogP contribution in [0.2, 0.25) is 10.0 Å². The van der Waals surface area contributed by atoms with Crippen molar-refractivity contribution < 1.29 is 9.18 Å². The smallest absolute Gasteiger partial charge is 0.251 e. The average molecular weight is 501 g/mol. The summed E-state index contributed by atoms with van der Waals surface area (Å²) < 4.78 is 15.1. The van der Waals surface area contributed by atoms with E-state index in [1.807, 2.05) is 35.8 Å². The van der Waals surface area contributed by atoms with Crippen molar-refractivity contribution in [3.63, 3.8) is 0 Å². The van der Waals surface area contributed by atoms with Crippen LogP contribution in [0.15, 0.2) is 71.9 Å². The van der Waals surface area contributed by atoms with E-state index in [2.05, 4.69) is 15.5 Å². The molecule has 5 nitrogen and oxygen atoms in total. The second kappa shape index (κ2) is 10.4. The molecule has 0 bridgehead atoms. The first-order valence-corrected chi connectivity index (χ1v) is 11.8. The van der Waals surface area contributed by atoms with Crippen LogP contribution in [0, 0.1) is 12.7 Å². The van der Waals surface area contributed by atoms with Gasteiger partial charge in [-0.1, -0.05) is 64.8 Å². The highest BCUT2D eigenvalue weighted by molar-refractivity contribution is 7.98. The SMILES string of the molecule is Cc1ccc(-n2c(CNC(=O)c3cc(Cl)cc(Cl)c3)nnc2SCc2ccc(F)cc2)cc1. The number of benzene rings is 3. The van der Waals surface area contributed by atoms with Gasteiger partial charge in [-0.3, -0.25) is 9.36 Å². The second-order valence-corrected chi connectivity index (χ2v) is 9.14. The van der Waals surface area contributed by atoms with Gasteiger partial charge in [0.1, 0.15) is 5.82 Å². The number of rotatable bonds is 7. The molecule has 9 heteroatoms. The number of thioether (sulfide) groups is 1. The van der Waals surface area contributed by atoms with Crippen molar-refractivity contribution in [3.05, 3.63) is 105 Å². The summed E-state index contributed by atoms with van der Waals surface area (Å²) in [6.45, 7) is 2.17. The van der Waals surface area contributed by atoms with Crippen LogP contribution in [0.1, 0.15) is 27.3 Å².